The zero-order valence-corrected chi connectivity index (χ0v) is 15.9. The van der Waals surface area contributed by atoms with Gasteiger partial charge in [-0.1, -0.05) is 44.8 Å². The second kappa shape index (κ2) is 15.2. The van der Waals surface area contributed by atoms with Gasteiger partial charge in [-0.05, 0) is 19.3 Å². The number of unbranched alkanes of at least 4 members (excludes halogenated alkanes) is 5. The maximum Gasteiger partial charge on any atom is 0.241 e. The number of rotatable bonds is 17. The summed E-state index contributed by atoms with van der Waals surface area (Å²) in [5.74, 6) is 0. The van der Waals surface area contributed by atoms with E-state index in [9.17, 15) is 35.2 Å². The van der Waals surface area contributed by atoms with Gasteiger partial charge in [-0.15, -0.1) is 0 Å². The van der Waals surface area contributed by atoms with Crippen molar-refractivity contribution in [3.8, 4) is 0 Å². The number of hydrogen-bond donors (Lipinski definition) is 2. The first-order valence-electron chi connectivity index (χ1n) is 9.56. The first-order valence-corrected chi connectivity index (χ1v) is 9.56. The van der Waals surface area contributed by atoms with Crippen molar-refractivity contribution < 1.29 is 24.9 Å². The summed E-state index contributed by atoms with van der Waals surface area (Å²) in [6, 6.07) is -2.29. The predicted molar refractivity (Wildman–Crippen MR) is 101 cm³/mol. The number of carbonyl (C=O) groups excluding carboxylic acids is 1. The number of aldehydes is 1. The molecule has 0 saturated carbocycles. The number of carbonyl (C=O) groups is 1. The number of hydrogen-bond acceptors (Lipinski definition) is 7. The maximum absolute atomic E-state index is 11.2. The van der Waals surface area contributed by atoms with Gasteiger partial charge in [0.1, 0.15) is 18.5 Å². The highest BCUT2D eigenvalue weighted by atomic mass is 16.6. The largest absolute Gasteiger partial charge is 0.386 e. The van der Waals surface area contributed by atoms with Crippen LogP contribution < -0.4 is 0 Å². The Morgan fingerprint density at radius 2 is 1.33 bits per heavy atom. The topological polar surface area (TPSA) is 144 Å². The molecule has 0 amide bonds. The summed E-state index contributed by atoms with van der Waals surface area (Å²) < 4.78 is 0. The Bertz CT molecular complexity index is 471. The zero-order valence-electron chi connectivity index (χ0n) is 15.9. The normalized spacial score (nSPS) is 16.0. The molecule has 0 saturated heterocycles. The van der Waals surface area contributed by atoms with Crippen molar-refractivity contribution >= 4 is 6.29 Å². The summed E-state index contributed by atoms with van der Waals surface area (Å²) >= 11 is 0. The highest BCUT2D eigenvalue weighted by Gasteiger charge is 2.29. The third kappa shape index (κ3) is 11.4. The molecule has 0 rings (SSSR count). The van der Waals surface area contributed by atoms with Crippen LogP contribution in [0.25, 0.3) is 0 Å². The fraction of sp³-hybridized carbons (Fsp3) is 0.833. The van der Waals surface area contributed by atoms with Crippen LogP contribution in [-0.2, 0) is 4.79 Å². The van der Waals surface area contributed by atoms with E-state index in [1.165, 1.54) is 12.2 Å². The van der Waals surface area contributed by atoms with Crippen LogP contribution in [0.2, 0.25) is 0 Å². The van der Waals surface area contributed by atoms with Crippen LogP contribution in [0, 0.1) is 20.2 Å². The summed E-state index contributed by atoms with van der Waals surface area (Å²) in [5.41, 5.74) is 0. The molecule has 4 atom stereocenters. The van der Waals surface area contributed by atoms with Crippen molar-refractivity contribution in [2.24, 2.45) is 0 Å². The molecule has 2 N–H and O–H groups in total. The number of aliphatic hydroxyl groups excluding tert-OH is 2. The number of nitrogens with zero attached hydrogens (tertiary/aromatic N) is 2. The van der Waals surface area contributed by atoms with Crippen molar-refractivity contribution in [2.75, 3.05) is 0 Å². The Balaban J connectivity index is 4.32. The maximum atomic E-state index is 11.2. The van der Waals surface area contributed by atoms with Crippen LogP contribution in [0.15, 0.2) is 12.2 Å². The summed E-state index contributed by atoms with van der Waals surface area (Å²) in [5, 5.41) is 41.8. The van der Waals surface area contributed by atoms with Gasteiger partial charge in [-0.3, -0.25) is 20.2 Å². The quantitative estimate of drug-likeness (QED) is 0.128. The molecular formula is C18H32N2O7. The third-order valence-electron chi connectivity index (χ3n) is 4.59. The Labute approximate surface area is 159 Å². The van der Waals surface area contributed by atoms with Gasteiger partial charge in [0.05, 0.1) is 0 Å². The Morgan fingerprint density at radius 1 is 0.852 bits per heavy atom. The predicted octanol–water partition coefficient (Wildman–Crippen LogP) is 2.67. The third-order valence-corrected chi connectivity index (χ3v) is 4.59. The van der Waals surface area contributed by atoms with Crippen LogP contribution in [0.5, 0.6) is 0 Å². The van der Waals surface area contributed by atoms with Crippen LogP contribution in [0.1, 0.15) is 71.1 Å². The Kier molecular flexibility index (Phi) is 14.2. The van der Waals surface area contributed by atoms with E-state index in [2.05, 4.69) is 0 Å². The van der Waals surface area contributed by atoms with Crippen molar-refractivity contribution in [3.63, 3.8) is 0 Å². The lowest BCUT2D eigenvalue weighted by molar-refractivity contribution is -0.534. The number of nitro groups is 2. The molecule has 156 valence electrons. The second-order valence-corrected chi connectivity index (χ2v) is 6.70. The van der Waals surface area contributed by atoms with Crippen molar-refractivity contribution in [1.29, 1.82) is 0 Å². The van der Waals surface area contributed by atoms with Crippen molar-refractivity contribution in [3.05, 3.63) is 32.4 Å². The van der Waals surface area contributed by atoms with E-state index in [-0.39, 0.29) is 19.3 Å². The molecule has 0 aliphatic heterocycles. The average Bonchev–Trinajstić information content (AvgIpc) is 2.62. The van der Waals surface area contributed by atoms with E-state index in [0.29, 0.717) is 19.3 Å². The minimum Gasteiger partial charge on any atom is -0.386 e. The molecule has 4 unspecified atom stereocenters. The SMILES string of the molecule is CCC(O)C(C/C=C\CC(C(O)CCCCCCCC=O)[N+](=O)[O-])[N+](=O)[O-]. The Morgan fingerprint density at radius 3 is 1.81 bits per heavy atom. The second-order valence-electron chi connectivity index (χ2n) is 6.70. The highest BCUT2D eigenvalue weighted by Crippen LogP contribution is 2.15. The highest BCUT2D eigenvalue weighted by molar-refractivity contribution is 5.48. The molecule has 0 aromatic rings. The van der Waals surface area contributed by atoms with E-state index in [1.807, 2.05) is 0 Å². The molecule has 9 nitrogen and oxygen atoms in total. The molecule has 27 heavy (non-hydrogen) atoms. The van der Waals surface area contributed by atoms with Gasteiger partial charge in [-0.2, -0.15) is 0 Å². The van der Waals surface area contributed by atoms with Gasteiger partial charge in [0.15, 0.2) is 0 Å². The molecule has 0 heterocycles. The molecule has 0 aliphatic carbocycles. The van der Waals surface area contributed by atoms with Gasteiger partial charge < -0.3 is 15.0 Å². The van der Waals surface area contributed by atoms with Gasteiger partial charge in [0.25, 0.3) is 0 Å². The lowest BCUT2D eigenvalue weighted by atomic mass is 10.00. The van der Waals surface area contributed by atoms with Gasteiger partial charge in [0.2, 0.25) is 12.1 Å². The molecule has 0 fully saturated rings. The molecule has 0 radical (unpaired) electrons. The molecule has 0 aromatic heterocycles. The lowest BCUT2D eigenvalue weighted by Crippen LogP contribution is -2.33. The smallest absolute Gasteiger partial charge is 0.241 e. The van der Waals surface area contributed by atoms with E-state index >= 15 is 0 Å². The summed E-state index contributed by atoms with van der Waals surface area (Å²) in [6.45, 7) is 1.65. The van der Waals surface area contributed by atoms with E-state index in [1.54, 1.807) is 6.92 Å². The van der Waals surface area contributed by atoms with Crippen LogP contribution in [0.4, 0.5) is 0 Å². The summed E-state index contributed by atoms with van der Waals surface area (Å²) in [4.78, 5) is 31.2. The van der Waals surface area contributed by atoms with Crippen LogP contribution in [0.3, 0.4) is 0 Å². The lowest BCUT2D eigenvalue weighted by Gasteiger charge is -2.15. The molecule has 0 bridgehead atoms. The van der Waals surface area contributed by atoms with Crippen molar-refractivity contribution in [1.82, 2.24) is 0 Å². The van der Waals surface area contributed by atoms with E-state index < -0.39 is 34.1 Å². The zero-order chi connectivity index (χ0) is 20.7. The van der Waals surface area contributed by atoms with Gasteiger partial charge >= 0.3 is 0 Å². The molecule has 0 aliphatic rings. The summed E-state index contributed by atoms with van der Waals surface area (Å²) in [6.07, 6.45) is 6.97. The average molecular weight is 388 g/mol. The number of aliphatic hydroxyl groups is 2. The van der Waals surface area contributed by atoms with Crippen LogP contribution in [-0.4, -0.2) is 50.6 Å². The summed E-state index contributed by atoms with van der Waals surface area (Å²) in [7, 11) is 0. The molecule has 9 heteroatoms. The first-order chi connectivity index (χ1) is 12.8. The minimum absolute atomic E-state index is 0.0106. The molecular weight excluding hydrogens is 356 g/mol. The first kappa shape index (κ1) is 25.1. The van der Waals surface area contributed by atoms with Gasteiger partial charge in [-0.25, -0.2) is 0 Å². The van der Waals surface area contributed by atoms with E-state index in [4.69, 9.17) is 0 Å². The van der Waals surface area contributed by atoms with E-state index in [0.717, 1.165) is 32.0 Å². The molecule has 0 aromatic carbocycles. The Hall–Kier alpha value is -1.87. The van der Waals surface area contributed by atoms with Crippen LogP contribution >= 0.6 is 0 Å². The standard InChI is InChI=1S/C18H32N2O7/c1-2-17(22)15(19(24)25)11-8-9-12-16(20(26)27)18(23)13-7-5-3-4-6-10-14-21/h8-9,14-18,22-23H,2-7,10-13H2,1H3/b9-8-. The minimum atomic E-state index is -1.15. The van der Waals surface area contributed by atoms with Gasteiger partial charge in [0, 0.05) is 29.1 Å². The fourth-order valence-electron chi connectivity index (χ4n) is 2.81. The molecule has 0 spiro atoms. The fourth-order valence-corrected chi connectivity index (χ4v) is 2.81. The van der Waals surface area contributed by atoms with Crippen molar-refractivity contribution in [2.45, 2.75) is 95.4 Å². The monoisotopic (exact) mass is 388 g/mol.